The van der Waals surface area contributed by atoms with Crippen molar-refractivity contribution in [1.29, 1.82) is 0 Å². The number of carbonyl (C=O) groups excluding carboxylic acids is 2. The first-order chi connectivity index (χ1) is 15.4. The first-order valence-corrected chi connectivity index (χ1v) is 11.1. The van der Waals surface area contributed by atoms with Gasteiger partial charge in [-0.2, -0.15) is 0 Å². The Morgan fingerprint density at radius 1 is 0.969 bits per heavy atom. The molecule has 2 aromatic carbocycles. The predicted molar refractivity (Wildman–Crippen MR) is 119 cm³/mol. The maximum atomic E-state index is 13.1. The number of aromatic carboxylic acids is 1. The largest absolute Gasteiger partial charge is 0.478 e. The molecule has 1 N–H and O–H groups in total. The number of carbonyl (C=O) groups is 3. The Kier molecular flexibility index (Phi) is 4.03. The van der Waals surface area contributed by atoms with Crippen LogP contribution in [-0.2, 0) is 9.59 Å². The molecule has 2 heterocycles. The Morgan fingerprint density at radius 3 is 2.25 bits per heavy atom. The van der Waals surface area contributed by atoms with Crippen LogP contribution < -0.4 is 4.90 Å². The summed E-state index contributed by atoms with van der Waals surface area (Å²) in [6, 6.07) is 14.2. The third kappa shape index (κ3) is 2.65. The van der Waals surface area contributed by atoms with Crippen molar-refractivity contribution in [2.24, 2.45) is 23.7 Å². The average Bonchev–Trinajstić information content (AvgIpc) is 3.47. The van der Waals surface area contributed by atoms with Crippen LogP contribution in [0.1, 0.15) is 35.2 Å². The first kappa shape index (κ1) is 19.2. The van der Waals surface area contributed by atoms with E-state index in [0.29, 0.717) is 34.1 Å². The number of nitrogens with zero attached hydrogens (tertiary/aromatic N) is 2. The minimum atomic E-state index is -1.00. The van der Waals surface area contributed by atoms with E-state index in [1.807, 2.05) is 25.1 Å². The number of hydrogen-bond donors (Lipinski definition) is 1. The summed E-state index contributed by atoms with van der Waals surface area (Å²) in [6.07, 6.45) is 3.12. The fourth-order valence-corrected chi connectivity index (χ4v) is 6.11. The van der Waals surface area contributed by atoms with Crippen LogP contribution in [-0.4, -0.2) is 27.9 Å². The molecule has 6 rings (SSSR count). The quantitative estimate of drug-likeness (QED) is 0.626. The lowest BCUT2D eigenvalue weighted by molar-refractivity contribution is -0.123. The predicted octanol–water partition coefficient (Wildman–Crippen LogP) is 4.44. The Bertz CT molecular complexity index is 1290. The van der Waals surface area contributed by atoms with Gasteiger partial charge in [-0.1, -0.05) is 23.8 Å². The van der Waals surface area contributed by atoms with E-state index in [4.69, 9.17) is 0 Å². The number of fused-ring (bicyclic) bond motifs is 6. The normalized spacial score (nSPS) is 26.2. The van der Waals surface area contributed by atoms with Crippen LogP contribution in [0.15, 0.2) is 48.5 Å². The van der Waals surface area contributed by atoms with E-state index in [9.17, 15) is 19.5 Å². The van der Waals surface area contributed by atoms with Gasteiger partial charge in [-0.3, -0.25) is 14.5 Å². The molecule has 3 aliphatic rings. The second-order valence-electron chi connectivity index (χ2n) is 9.32. The molecular formula is C26H22N2O4. The Hall–Kier alpha value is -3.54. The minimum Gasteiger partial charge on any atom is -0.478 e. The lowest BCUT2D eigenvalue weighted by Crippen LogP contribution is -2.32. The van der Waals surface area contributed by atoms with E-state index in [1.165, 1.54) is 4.90 Å². The number of aromatic nitrogens is 1. The SMILES string of the molecule is Cc1ccc2nc(-c3ccc(N4C(=O)C5C6CCC(C6)C5C4=O)cc3)cc(C(=O)O)c2c1. The van der Waals surface area contributed by atoms with Crippen molar-refractivity contribution in [3.8, 4) is 11.3 Å². The molecule has 3 fully saturated rings. The molecule has 0 spiro atoms. The van der Waals surface area contributed by atoms with Crippen LogP contribution in [0.5, 0.6) is 0 Å². The molecule has 6 nitrogen and oxygen atoms in total. The Morgan fingerprint density at radius 2 is 1.62 bits per heavy atom. The monoisotopic (exact) mass is 426 g/mol. The molecule has 1 aromatic heterocycles. The zero-order valence-corrected chi connectivity index (χ0v) is 17.6. The Balaban J connectivity index is 1.36. The summed E-state index contributed by atoms with van der Waals surface area (Å²) in [5.41, 5.74) is 3.63. The van der Waals surface area contributed by atoms with E-state index in [1.54, 1.807) is 30.3 Å². The number of hydrogen-bond acceptors (Lipinski definition) is 4. The standard InChI is InChI=1S/C26H22N2O4/c1-13-2-9-20-18(10-13)19(26(31)32)12-21(27-20)14-5-7-17(8-6-14)28-24(29)22-15-3-4-16(11-15)23(22)25(28)30/h2,5-10,12,15-16,22-23H,3-4,11H2,1H3,(H,31,32). The van der Waals surface area contributed by atoms with Crippen molar-refractivity contribution >= 4 is 34.4 Å². The zero-order chi connectivity index (χ0) is 22.1. The number of aryl methyl sites for hydroxylation is 1. The van der Waals surface area contributed by atoms with Gasteiger partial charge in [-0.05, 0) is 68.4 Å². The summed E-state index contributed by atoms with van der Waals surface area (Å²) in [5.74, 6) is -0.722. The molecule has 4 atom stereocenters. The van der Waals surface area contributed by atoms with Gasteiger partial charge < -0.3 is 5.11 Å². The molecule has 3 aromatic rings. The van der Waals surface area contributed by atoms with Gasteiger partial charge in [-0.25, -0.2) is 9.78 Å². The van der Waals surface area contributed by atoms with Crippen molar-refractivity contribution in [2.45, 2.75) is 26.2 Å². The highest BCUT2D eigenvalue weighted by Crippen LogP contribution is 2.56. The minimum absolute atomic E-state index is 0.0627. The highest BCUT2D eigenvalue weighted by Gasteiger charge is 2.61. The van der Waals surface area contributed by atoms with E-state index in [0.717, 1.165) is 30.4 Å². The molecular weight excluding hydrogens is 404 g/mol. The topological polar surface area (TPSA) is 87.6 Å². The van der Waals surface area contributed by atoms with E-state index in [-0.39, 0.29) is 29.2 Å². The molecule has 0 radical (unpaired) electrons. The summed E-state index contributed by atoms with van der Waals surface area (Å²) in [6.45, 7) is 1.91. The summed E-state index contributed by atoms with van der Waals surface area (Å²) in [7, 11) is 0. The number of carboxylic acids is 1. The number of pyridine rings is 1. The summed E-state index contributed by atoms with van der Waals surface area (Å²) in [5, 5.41) is 10.3. The maximum absolute atomic E-state index is 13.1. The van der Waals surface area contributed by atoms with E-state index >= 15 is 0 Å². The lowest BCUT2D eigenvalue weighted by Gasteiger charge is -2.19. The summed E-state index contributed by atoms with van der Waals surface area (Å²) >= 11 is 0. The molecule has 4 unspecified atom stereocenters. The van der Waals surface area contributed by atoms with Crippen molar-refractivity contribution in [1.82, 2.24) is 4.98 Å². The van der Waals surface area contributed by atoms with Crippen LogP contribution in [0, 0.1) is 30.6 Å². The molecule has 1 saturated heterocycles. The van der Waals surface area contributed by atoms with Gasteiger partial charge >= 0.3 is 5.97 Å². The van der Waals surface area contributed by atoms with Crippen LogP contribution in [0.3, 0.4) is 0 Å². The lowest BCUT2D eigenvalue weighted by atomic mass is 9.81. The smallest absolute Gasteiger partial charge is 0.336 e. The third-order valence-corrected chi connectivity index (χ3v) is 7.54. The third-order valence-electron chi connectivity index (χ3n) is 7.54. The fraction of sp³-hybridized carbons (Fsp3) is 0.308. The summed E-state index contributed by atoms with van der Waals surface area (Å²) < 4.78 is 0. The second kappa shape index (κ2) is 6.73. The molecule has 1 aliphatic heterocycles. The van der Waals surface area contributed by atoms with Crippen molar-refractivity contribution < 1.29 is 19.5 Å². The average molecular weight is 426 g/mol. The van der Waals surface area contributed by atoms with Crippen LogP contribution in [0.25, 0.3) is 22.2 Å². The zero-order valence-electron chi connectivity index (χ0n) is 17.6. The van der Waals surface area contributed by atoms with Gasteiger partial charge in [0.1, 0.15) is 0 Å². The molecule has 6 heteroatoms. The second-order valence-corrected chi connectivity index (χ2v) is 9.32. The van der Waals surface area contributed by atoms with Gasteiger partial charge in [0, 0.05) is 10.9 Å². The number of rotatable bonds is 3. The van der Waals surface area contributed by atoms with Gasteiger partial charge in [-0.15, -0.1) is 0 Å². The van der Waals surface area contributed by atoms with Crippen LogP contribution in [0.2, 0.25) is 0 Å². The van der Waals surface area contributed by atoms with E-state index in [2.05, 4.69) is 4.98 Å². The van der Waals surface area contributed by atoms with Crippen molar-refractivity contribution in [2.75, 3.05) is 4.90 Å². The van der Waals surface area contributed by atoms with Gasteiger partial charge in [0.15, 0.2) is 0 Å². The molecule has 2 bridgehead atoms. The molecule has 32 heavy (non-hydrogen) atoms. The van der Waals surface area contributed by atoms with Crippen LogP contribution in [0.4, 0.5) is 5.69 Å². The van der Waals surface area contributed by atoms with Gasteiger partial charge in [0.25, 0.3) is 0 Å². The van der Waals surface area contributed by atoms with E-state index < -0.39 is 5.97 Å². The van der Waals surface area contributed by atoms with Gasteiger partial charge in [0.2, 0.25) is 11.8 Å². The molecule has 2 aliphatic carbocycles. The van der Waals surface area contributed by atoms with Crippen molar-refractivity contribution in [3.05, 3.63) is 59.7 Å². The fourth-order valence-electron chi connectivity index (χ4n) is 6.11. The number of amides is 2. The highest BCUT2D eigenvalue weighted by molar-refractivity contribution is 6.22. The maximum Gasteiger partial charge on any atom is 0.336 e. The first-order valence-electron chi connectivity index (χ1n) is 11.1. The number of imide groups is 1. The van der Waals surface area contributed by atoms with Crippen molar-refractivity contribution in [3.63, 3.8) is 0 Å². The number of carboxylic acid groups (broad SMARTS) is 1. The Labute approximate surface area is 184 Å². The molecule has 2 amide bonds. The number of benzene rings is 2. The van der Waals surface area contributed by atoms with Gasteiger partial charge in [0.05, 0.1) is 34.3 Å². The highest BCUT2D eigenvalue weighted by atomic mass is 16.4. The number of anilines is 1. The summed E-state index contributed by atoms with van der Waals surface area (Å²) in [4.78, 5) is 44.0. The molecule has 160 valence electrons. The van der Waals surface area contributed by atoms with Crippen LogP contribution >= 0.6 is 0 Å². The molecule has 2 saturated carbocycles.